The highest BCUT2D eigenvalue weighted by molar-refractivity contribution is 7.10. The van der Waals surface area contributed by atoms with Crippen LogP contribution in [-0.4, -0.2) is 22.5 Å². The van der Waals surface area contributed by atoms with Crippen molar-refractivity contribution >= 4 is 28.8 Å². The summed E-state index contributed by atoms with van der Waals surface area (Å²) in [4.78, 5) is 15.8. The van der Waals surface area contributed by atoms with E-state index in [2.05, 4.69) is 11.4 Å². The van der Waals surface area contributed by atoms with Crippen molar-refractivity contribution in [2.24, 2.45) is 0 Å². The van der Waals surface area contributed by atoms with Gasteiger partial charge in [0.25, 0.3) is 5.91 Å². The SMILES string of the molecule is CC1c2ccsc2CCN1C(=O)c1cc(O)ccc1Cl. The molecule has 20 heavy (non-hydrogen) atoms. The van der Waals surface area contributed by atoms with Gasteiger partial charge in [-0.3, -0.25) is 4.79 Å². The number of amides is 1. The number of hydrogen-bond donors (Lipinski definition) is 1. The van der Waals surface area contributed by atoms with E-state index < -0.39 is 0 Å². The Morgan fingerprint density at radius 1 is 1.45 bits per heavy atom. The average molecular weight is 308 g/mol. The van der Waals surface area contributed by atoms with Crippen LogP contribution in [0.25, 0.3) is 0 Å². The molecule has 0 fully saturated rings. The second kappa shape index (κ2) is 5.11. The van der Waals surface area contributed by atoms with E-state index in [1.165, 1.54) is 22.6 Å². The zero-order valence-electron chi connectivity index (χ0n) is 11.0. The van der Waals surface area contributed by atoms with Crippen LogP contribution in [0.3, 0.4) is 0 Å². The summed E-state index contributed by atoms with van der Waals surface area (Å²) < 4.78 is 0. The standard InChI is InChI=1S/C15H14ClNO2S/c1-9-11-5-7-20-14(11)4-6-17(9)15(19)12-8-10(18)2-3-13(12)16/h2-3,5,7-9,18H,4,6H2,1H3. The maximum atomic E-state index is 12.6. The lowest BCUT2D eigenvalue weighted by atomic mass is 10.0. The van der Waals surface area contributed by atoms with Gasteiger partial charge in [-0.05, 0) is 48.6 Å². The molecule has 0 spiro atoms. The van der Waals surface area contributed by atoms with E-state index in [4.69, 9.17) is 11.6 Å². The molecule has 1 aliphatic rings. The van der Waals surface area contributed by atoms with E-state index in [0.717, 1.165) is 6.42 Å². The molecule has 2 heterocycles. The number of halogens is 1. The van der Waals surface area contributed by atoms with Gasteiger partial charge in [0, 0.05) is 11.4 Å². The summed E-state index contributed by atoms with van der Waals surface area (Å²) in [5.41, 5.74) is 1.57. The van der Waals surface area contributed by atoms with Crippen molar-refractivity contribution in [2.45, 2.75) is 19.4 Å². The van der Waals surface area contributed by atoms with E-state index in [0.29, 0.717) is 17.1 Å². The van der Waals surface area contributed by atoms with Crippen LogP contribution in [0.5, 0.6) is 5.75 Å². The Morgan fingerprint density at radius 3 is 3.05 bits per heavy atom. The summed E-state index contributed by atoms with van der Waals surface area (Å²) in [7, 11) is 0. The predicted octanol–water partition coefficient (Wildman–Crippen LogP) is 3.87. The number of carbonyl (C=O) groups excluding carboxylic acids is 1. The van der Waals surface area contributed by atoms with Gasteiger partial charge in [-0.25, -0.2) is 0 Å². The highest BCUT2D eigenvalue weighted by atomic mass is 35.5. The molecular formula is C15H14ClNO2S. The third kappa shape index (κ3) is 2.19. The Bertz CT molecular complexity index is 668. The molecule has 3 rings (SSSR count). The van der Waals surface area contributed by atoms with Crippen LogP contribution in [-0.2, 0) is 6.42 Å². The maximum absolute atomic E-state index is 12.6. The fraction of sp³-hybridized carbons (Fsp3) is 0.267. The number of benzene rings is 1. The summed E-state index contributed by atoms with van der Waals surface area (Å²) in [6.45, 7) is 2.71. The van der Waals surface area contributed by atoms with Crippen LogP contribution >= 0.6 is 22.9 Å². The van der Waals surface area contributed by atoms with Gasteiger partial charge in [0.1, 0.15) is 5.75 Å². The Balaban J connectivity index is 1.94. The third-order valence-corrected chi connectivity index (χ3v) is 5.04. The molecule has 2 aromatic rings. The van der Waals surface area contributed by atoms with E-state index >= 15 is 0 Å². The van der Waals surface area contributed by atoms with E-state index in [-0.39, 0.29) is 17.7 Å². The number of phenolic OH excluding ortho intramolecular Hbond substituents is 1. The first-order valence-corrected chi connectivity index (χ1v) is 7.69. The van der Waals surface area contributed by atoms with Crippen LogP contribution in [0, 0.1) is 0 Å². The minimum atomic E-state index is -0.129. The van der Waals surface area contributed by atoms with E-state index in [1.54, 1.807) is 17.4 Å². The molecule has 1 aliphatic heterocycles. The molecule has 0 saturated carbocycles. The van der Waals surface area contributed by atoms with Gasteiger partial charge in [0.15, 0.2) is 0 Å². The maximum Gasteiger partial charge on any atom is 0.256 e. The fourth-order valence-electron chi connectivity index (χ4n) is 2.62. The van der Waals surface area contributed by atoms with Crippen molar-refractivity contribution < 1.29 is 9.90 Å². The lowest BCUT2D eigenvalue weighted by Crippen LogP contribution is -2.38. The Hall–Kier alpha value is -1.52. The smallest absolute Gasteiger partial charge is 0.256 e. The highest BCUT2D eigenvalue weighted by Crippen LogP contribution is 2.34. The van der Waals surface area contributed by atoms with Crippen LogP contribution in [0.2, 0.25) is 5.02 Å². The molecule has 1 atom stereocenters. The first kappa shape index (κ1) is 13.5. The first-order valence-electron chi connectivity index (χ1n) is 6.43. The molecule has 1 amide bonds. The molecule has 3 nitrogen and oxygen atoms in total. The second-order valence-electron chi connectivity index (χ2n) is 4.89. The lowest BCUT2D eigenvalue weighted by molar-refractivity contribution is 0.0679. The summed E-state index contributed by atoms with van der Waals surface area (Å²) in [6.07, 6.45) is 0.875. The minimum absolute atomic E-state index is 0.0379. The monoisotopic (exact) mass is 307 g/mol. The number of carbonyl (C=O) groups is 1. The van der Waals surface area contributed by atoms with Gasteiger partial charge in [-0.1, -0.05) is 11.6 Å². The topological polar surface area (TPSA) is 40.5 Å². The van der Waals surface area contributed by atoms with Crippen molar-refractivity contribution in [1.82, 2.24) is 4.90 Å². The molecule has 0 saturated heterocycles. The number of nitrogens with zero attached hydrogens (tertiary/aromatic N) is 1. The number of fused-ring (bicyclic) bond motifs is 1. The molecule has 1 aromatic carbocycles. The van der Waals surface area contributed by atoms with E-state index in [9.17, 15) is 9.90 Å². The number of rotatable bonds is 1. The highest BCUT2D eigenvalue weighted by Gasteiger charge is 2.29. The number of aromatic hydroxyl groups is 1. The molecule has 0 radical (unpaired) electrons. The number of hydrogen-bond acceptors (Lipinski definition) is 3. The summed E-state index contributed by atoms with van der Waals surface area (Å²) in [5.74, 6) is -0.0751. The molecule has 1 N–H and O–H groups in total. The van der Waals surface area contributed by atoms with Gasteiger partial charge in [0.05, 0.1) is 16.6 Å². The molecule has 0 bridgehead atoms. The largest absolute Gasteiger partial charge is 0.508 e. The van der Waals surface area contributed by atoms with Crippen molar-refractivity contribution in [3.63, 3.8) is 0 Å². The van der Waals surface area contributed by atoms with Crippen LogP contribution in [0.1, 0.15) is 33.8 Å². The average Bonchev–Trinajstić information content (AvgIpc) is 2.90. The van der Waals surface area contributed by atoms with Crippen molar-refractivity contribution in [3.8, 4) is 5.75 Å². The van der Waals surface area contributed by atoms with Crippen molar-refractivity contribution in [2.75, 3.05) is 6.54 Å². The van der Waals surface area contributed by atoms with Gasteiger partial charge >= 0.3 is 0 Å². The van der Waals surface area contributed by atoms with Gasteiger partial charge in [-0.15, -0.1) is 11.3 Å². The van der Waals surface area contributed by atoms with Crippen molar-refractivity contribution in [3.05, 3.63) is 50.7 Å². The second-order valence-corrected chi connectivity index (χ2v) is 6.30. The van der Waals surface area contributed by atoms with Crippen molar-refractivity contribution in [1.29, 1.82) is 0 Å². The summed E-state index contributed by atoms with van der Waals surface area (Å²) in [6, 6.07) is 6.58. The van der Waals surface area contributed by atoms with Crippen LogP contribution in [0.4, 0.5) is 0 Å². The predicted molar refractivity (Wildman–Crippen MR) is 80.6 cm³/mol. The number of thiophene rings is 1. The first-order chi connectivity index (χ1) is 9.58. The Kier molecular flexibility index (Phi) is 3.44. The Labute approximate surface area is 126 Å². The number of phenols is 1. The van der Waals surface area contributed by atoms with E-state index in [1.807, 2.05) is 11.8 Å². The fourth-order valence-corrected chi connectivity index (χ4v) is 3.78. The molecule has 0 aliphatic carbocycles. The molecular weight excluding hydrogens is 294 g/mol. The third-order valence-electron chi connectivity index (χ3n) is 3.72. The molecule has 104 valence electrons. The molecule has 5 heteroatoms. The zero-order chi connectivity index (χ0) is 14.3. The quantitative estimate of drug-likeness (QED) is 0.869. The van der Waals surface area contributed by atoms with Gasteiger partial charge in [0.2, 0.25) is 0 Å². The summed E-state index contributed by atoms with van der Waals surface area (Å²) >= 11 is 7.82. The minimum Gasteiger partial charge on any atom is -0.508 e. The summed E-state index contributed by atoms with van der Waals surface area (Å²) in [5, 5.41) is 12.0. The van der Waals surface area contributed by atoms with Gasteiger partial charge < -0.3 is 10.0 Å². The normalized spacial score (nSPS) is 17.9. The van der Waals surface area contributed by atoms with Crippen LogP contribution < -0.4 is 0 Å². The Morgan fingerprint density at radius 2 is 2.25 bits per heavy atom. The zero-order valence-corrected chi connectivity index (χ0v) is 12.5. The molecule has 1 aromatic heterocycles. The van der Waals surface area contributed by atoms with Gasteiger partial charge in [-0.2, -0.15) is 0 Å². The van der Waals surface area contributed by atoms with Crippen LogP contribution in [0.15, 0.2) is 29.6 Å². The molecule has 1 unspecified atom stereocenters. The lowest BCUT2D eigenvalue weighted by Gasteiger charge is -2.34.